The topological polar surface area (TPSA) is 95.5 Å². The minimum absolute atomic E-state index is 0.0139. The zero-order chi connectivity index (χ0) is 18.8. The maximum Gasteiger partial charge on any atom is 0.303 e. The predicted octanol–water partition coefficient (Wildman–Crippen LogP) is 2.01. The summed E-state index contributed by atoms with van der Waals surface area (Å²) in [6, 6.07) is 17.3. The van der Waals surface area contributed by atoms with Crippen molar-refractivity contribution < 1.29 is 19.5 Å². The van der Waals surface area contributed by atoms with Crippen LogP contribution in [0.25, 0.3) is 0 Å². The van der Waals surface area contributed by atoms with Crippen molar-refractivity contribution in [1.82, 2.24) is 10.6 Å². The van der Waals surface area contributed by atoms with E-state index >= 15 is 0 Å². The molecule has 0 radical (unpaired) electrons. The van der Waals surface area contributed by atoms with Gasteiger partial charge >= 0.3 is 5.97 Å². The van der Waals surface area contributed by atoms with Crippen LogP contribution in [0.2, 0.25) is 0 Å². The lowest BCUT2D eigenvalue weighted by Gasteiger charge is -2.19. The van der Waals surface area contributed by atoms with Crippen LogP contribution >= 0.6 is 0 Å². The van der Waals surface area contributed by atoms with Crippen molar-refractivity contribution in [3.63, 3.8) is 0 Å². The second-order valence-corrected chi connectivity index (χ2v) is 5.87. The van der Waals surface area contributed by atoms with Gasteiger partial charge < -0.3 is 15.7 Å². The molecule has 0 saturated carbocycles. The molecule has 3 N–H and O–H groups in total. The first-order valence-corrected chi connectivity index (χ1v) is 8.45. The summed E-state index contributed by atoms with van der Waals surface area (Å²) in [5.41, 5.74) is 1.40. The lowest BCUT2D eigenvalue weighted by atomic mass is 10.0. The van der Waals surface area contributed by atoms with Gasteiger partial charge in [0, 0.05) is 24.9 Å². The van der Waals surface area contributed by atoms with Crippen LogP contribution in [-0.4, -0.2) is 35.5 Å². The van der Waals surface area contributed by atoms with Crippen LogP contribution in [-0.2, 0) is 16.0 Å². The Hall–Kier alpha value is -3.15. The average molecular weight is 354 g/mol. The molecule has 6 heteroatoms. The fourth-order valence-electron chi connectivity index (χ4n) is 2.46. The Morgan fingerprint density at radius 1 is 0.923 bits per heavy atom. The summed E-state index contributed by atoms with van der Waals surface area (Å²) in [7, 11) is 0. The molecule has 0 bridgehead atoms. The molecule has 6 nitrogen and oxygen atoms in total. The lowest BCUT2D eigenvalue weighted by Crippen LogP contribution is -2.48. The number of carbonyl (C=O) groups excluding carboxylic acids is 2. The summed E-state index contributed by atoms with van der Waals surface area (Å²) >= 11 is 0. The van der Waals surface area contributed by atoms with E-state index in [1.54, 1.807) is 24.3 Å². The van der Waals surface area contributed by atoms with Crippen LogP contribution in [0, 0.1) is 0 Å². The maximum atomic E-state index is 12.5. The molecule has 2 rings (SSSR count). The Morgan fingerprint density at radius 2 is 1.54 bits per heavy atom. The molecule has 0 spiro atoms. The summed E-state index contributed by atoms with van der Waals surface area (Å²) in [6.45, 7) is 0.248. The number of carboxylic acid groups (broad SMARTS) is 1. The third-order valence-electron chi connectivity index (χ3n) is 3.81. The molecule has 0 saturated heterocycles. The highest BCUT2D eigenvalue weighted by molar-refractivity contribution is 5.97. The van der Waals surface area contributed by atoms with Crippen LogP contribution in [0.4, 0.5) is 0 Å². The van der Waals surface area contributed by atoms with E-state index in [9.17, 15) is 14.4 Å². The fraction of sp³-hybridized carbons (Fsp3) is 0.250. The summed E-state index contributed by atoms with van der Waals surface area (Å²) in [5, 5.41) is 14.1. The smallest absolute Gasteiger partial charge is 0.303 e. The molecule has 0 aliphatic carbocycles. The van der Waals surface area contributed by atoms with Crippen LogP contribution in [0.5, 0.6) is 0 Å². The van der Waals surface area contributed by atoms with E-state index in [0.717, 1.165) is 5.56 Å². The van der Waals surface area contributed by atoms with Crippen molar-refractivity contribution in [2.75, 3.05) is 6.54 Å². The van der Waals surface area contributed by atoms with Gasteiger partial charge in [-0.05, 0) is 24.1 Å². The third-order valence-corrected chi connectivity index (χ3v) is 3.81. The number of rotatable bonds is 9. The lowest BCUT2D eigenvalue weighted by molar-refractivity contribution is -0.137. The van der Waals surface area contributed by atoms with Crippen LogP contribution in [0.3, 0.4) is 0 Å². The molecule has 0 fully saturated rings. The highest BCUT2D eigenvalue weighted by atomic mass is 16.4. The number of hydrogen-bond donors (Lipinski definition) is 3. The van der Waals surface area contributed by atoms with Gasteiger partial charge in [-0.15, -0.1) is 0 Å². The zero-order valence-corrected chi connectivity index (χ0v) is 14.4. The molecule has 0 aliphatic heterocycles. The van der Waals surface area contributed by atoms with Gasteiger partial charge in [0.15, 0.2) is 0 Å². The Bertz CT molecular complexity index is 732. The van der Waals surface area contributed by atoms with Gasteiger partial charge in [-0.1, -0.05) is 48.5 Å². The molecule has 136 valence electrons. The first-order chi connectivity index (χ1) is 12.6. The monoisotopic (exact) mass is 354 g/mol. The average Bonchev–Trinajstić information content (AvgIpc) is 2.66. The number of benzene rings is 2. The molecule has 0 aliphatic rings. The van der Waals surface area contributed by atoms with E-state index in [-0.39, 0.29) is 24.8 Å². The molecule has 2 amide bonds. The van der Waals surface area contributed by atoms with E-state index in [4.69, 9.17) is 5.11 Å². The van der Waals surface area contributed by atoms with E-state index in [1.807, 2.05) is 36.4 Å². The molecule has 26 heavy (non-hydrogen) atoms. The molecular formula is C20H22N2O4. The Morgan fingerprint density at radius 3 is 2.15 bits per heavy atom. The van der Waals surface area contributed by atoms with Gasteiger partial charge in [-0.25, -0.2) is 0 Å². The molecule has 0 heterocycles. The van der Waals surface area contributed by atoms with Gasteiger partial charge in [0.1, 0.15) is 6.04 Å². The van der Waals surface area contributed by atoms with E-state index in [0.29, 0.717) is 18.4 Å². The molecule has 1 unspecified atom stereocenters. The van der Waals surface area contributed by atoms with Crippen molar-refractivity contribution in [3.05, 3.63) is 71.8 Å². The largest absolute Gasteiger partial charge is 0.481 e. The number of nitrogens with one attached hydrogen (secondary N) is 2. The standard InChI is InChI=1S/C20H22N2O4/c23-18(24)12-7-13-21-20(26)17(14-15-8-3-1-4-9-15)22-19(25)16-10-5-2-6-11-16/h1-6,8-11,17H,7,12-14H2,(H,21,26)(H,22,25)(H,23,24). The Kier molecular flexibility index (Phi) is 7.36. The van der Waals surface area contributed by atoms with Crippen molar-refractivity contribution >= 4 is 17.8 Å². The van der Waals surface area contributed by atoms with Crippen molar-refractivity contribution in [1.29, 1.82) is 0 Å². The molecule has 0 aromatic heterocycles. The number of carbonyl (C=O) groups is 3. The van der Waals surface area contributed by atoms with Crippen molar-refractivity contribution in [3.8, 4) is 0 Å². The minimum atomic E-state index is -0.905. The van der Waals surface area contributed by atoms with Crippen LogP contribution in [0.1, 0.15) is 28.8 Å². The molecule has 2 aromatic rings. The maximum absolute atomic E-state index is 12.5. The third kappa shape index (κ3) is 6.39. The summed E-state index contributed by atoms with van der Waals surface area (Å²) < 4.78 is 0. The number of carboxylic acids is 1. The van der Waals surface area contributed by atoms with Crippen molar-refractivity contribution in [2.45, 2.75) is 25.3 Å². The van der Waals surface area contributed by atoms with Gasteiger partial charge in [-0.2, -0.15) is 0 Å². The number of aliphatic carboxylic acids is 1. The fourth-order valence-corrected chi connectivity index (χ4v) is 2.46. The molecular weight excluding hydrogens is 332 g/mol. The summed E-state index contributed by atoms with van der Waals surface area (Å²) in [4.78, 5) is 35.4. The number of hydrogen-bond acceptors (Lipinski definition) is 3. The van der Waals surface area contributed by atoms with E-state index in [1.165, 1.54) is 0 Å². The number of amides is 2. The first kappa shape index (κ1) is 19.2. The molecule has 2 aromatic carbocycles. The Balaban J connectivity index is 2.02. The Labute approximate surface area is 152 Å². The van der Waals surface area contributed by atoms with E-state index in [2.05, 4.69) is 10.6 Å². The van der Waals surface area contributed by atoms with Crippen molar-refractivity contribution in [2.24, 2.45) is 0 Å². The van der Waals surface area contributed by atoms with E-state index < -0.39 is 12.0 Å². The first-order valence-electron chi connectivity index (χ1n) is 8.45. The summed E-state index contributed by atoms with van der Waals surface area (Å²) in [5.74, 6) is -1.56. The van der Waals surface area contributed by atoms with Crippen LogP contribution < -0.4 is 10.6 Å². The van der Waals surface area contributed by atoms with Gasteiger partial charge in [0.2, 0.25) is 5.91 Å². The van der Waals surface area contributed by atoms with Gasteiger partial charge in [-0.3, -0.25) is 14.4 Å². The quantitative estimate of drug-likeness (QED) is 0.600. The molecule has 1 atom stereocenters. The second-order valence-electron chi connectivity index (χ2n) is 5.87. The van der Waals surface area contributed by atoms with Gasteiger partial charge in [0.25, 0.3) is 5.91 Å². The second kappa shape index (κ2) is 9.98. The van der Waals surface area contributed by atoms with Gasteiger partial charge in [0.05, 0.1) is 0 Å². The van der Waals surface area contributed by atoms with Crippen LogP contribution in [0.15, 0.2) is 60.7 Å². The minimum Gasteiger partial charge on any atom is -0.481 e. The SMILES string of the molecule is O=C(O)CCCNC(=O)C(Cc1ccccc1)NC(=O)c1ccccc1. The highest BCUT2D eigenvalue weighted by Crippen LogP contribution is 2.06. The zero-order valence-electron chi connectivity index (χ0n) is 14.4. The normalized spacial score (nSPS) is 11.4. The highest BCUT2D eigenvalue weighted by Gasteiger charge is 2.21. The predicted molar refractivity (Wildman–Crippen MR) is 97.7 cm³/mol. The summed E-state index contributed by atoms with van der Waals surface area (Å²) in [6.07, 6.45) is 0.677.